The van der Waals surface area contributed by atoms with Crippen LogP contribution in [0.4, 0.5) is 13.2 Å². The Labute approximate surface area is 98.7 Å². The van der Waals surface area contributed by atoms with Gasteiger partial charge in [-0.05, 0) is 24.8 Å². The van der Waals surface area contributed by atoms with Crippen molar-refractivity contribution in [2.45, 2.75) is 25.4 Å². The average Bonchev–Trinajstić information content (AvgIpc) is 2.28. The first kappa shape index (κ1) is 14.0. The number of halogens is 3. The van der Waals surface area contributed by atoms with Crippen LogP contribution in [-0.2, 0) is 11.3 Å². The first-order chi connectivity index (χ1) is 8.08. The molecule has 0 bridgehead atoms. The van der Waals surface area contributed by atoms with Crippen molar-refractivity contribution in [3.05, 3.63) is 35.9 Å². The van der Waals surface area contributed by atoms with Crippen LogP contribution in [0.1, 0.15) is 18.4 Å². The Kier molecular flexibility index (Phi) is 6.00. The summed E-state index contributed by atoms with van der Waals surface area (Å²) < 4.78 is 35.1. The van der Waals surface area contributed by atoms with Crippen molar-refractivity contribution in [1.82, 2.24) is 5.48 Å². The first-order valence-electron chi connectivity index (χ1n) is 5.53. The van der Waals surface area contributed by atoms with Crippen molar-refractivity contribution in [3.8, 4) is 0 Å². The molecular formula is C12H16F3NO. The van der Waals surface area contributed by atoms with Crippen LogP contribution in [0.3, 0.4) is 0 Å². The van der Waals surface area contributed by atoms with Crippen LogP contribution in [0, 0.1) is 0 Å². The normalized spacial score (nSPS) is 11.7. The molecule has 0 unspecified atom stereocenters. The summed E-state index contributed by atoms with van der Waals surface area (Å²) in [7, 11) is 0. The lowest BCUT2D eigenvalue weighted by Crippen LogP contribution is -2.25. The van der Waals surface area contributed by atoms with Gasteiger partial charge in [0.1, 0.15) is 0 Å². The van der Waals surface area contributed by atoms with Gasteiger partial charge < -0.3 is 0 Å². The fraction of sp³-hybridized carbons (Fsp3) is 0.500. The number of hydrogen-bond donors (Lipinski definition) is 1. The largest absolute Gasteiger partial charge is 0.413 e. The van der Waals surface area contributed by atoms with Gasteiger partial charge in [-0.25, -0.2) is 5.48 Å². The Morgan fingerprint density at radius 1 is 1.06 bits per heavy atom. The SMILES string of the molecule is FC(F)(F)CONCCCCc1ccccc1. The summed E-state index contributed by atoms with van der Waals surface area (Å²) >= 11 is 0. The summed E-state index contributed by atoms with van der Waals surface area (Å²) in [6, 6.07) is 9.97. The van der Waals surface area contributed by atoms with E-state index in [0.29, 0.717) is 6.54 Å². The molecule has 0 spiro atoms. The standard InChI is InChI=1S/C12H16F3NO/c13-12(14,15)10-17-16-9-5-4-8-11-6-2-1-3-7-11/h1-3,6-7,16H,4-5,8-10H2. The van der Waals surface area contributed by atoms with Gasteiger partial charge in [-0.15, -0.1) is 0 Å². The minimum atomic E-state index is -4.27. The molecule has 0 aliphatic carbocycles. The summed E-state index contributed by atoms with van der Waals surface area (Å²) in [5, 5.41) is 0. The molecule has 96 valence electrons. The second kappa shape index (κ2) is 7.29. The molecule has 1 aromatic rings. The number of nitrogens with one attached hydrogen (secondary N) is 1. The van der Waals surface area contributed by atoms with E-state index < -0.39 is 12.8 Å². The van der Waals surface area contributed by atoms with E-state index in [4.69, 9.17) is 0 Å². The number of hydroxylamine groups is 1. The Bertz CT molecular complexity index is 300. The molecule has 0 amide bonds. The predicted octanol–water partition coefficient (Wildman–Crippen LogP) is 3.09. The highest BCUT2D eigenvalue weighted by atomic mass is 19.4. The van der Waals surface area contributed by atoms with E-state index in [1.54, 1.807) is 0 Å². The zero-order chi connectivity index (χ0) is 12.6. The van der Waals surface area contributed by atoms with Crippen molar-refractivity contribution in [2.24, 2.45) is 0 Å². The number of unbranched alkanes of at least 4 members (excludes halogenated alkanes) is 1. The predicted molar refractivity (Wildman–Crippen MR) is 59.4 cm³/mol. The van der Waals surface area contributed by atoms with Crippen molar-refractivity contribution in [3.63, 3.8) is 0 Å². The summed E-state index contributed by atoms with van der Waals surface area (Å²) in [6.45, 7) is -0.811. The second-order valence-corrected chi connectivity index (χ2v) is 3.74. The smallest absolute Gasteiger partial charge is 0.292 e. The van der Waals surface area contributed by atoms with Crippen LogP contribution in [0.15, 0.2) is 30.3 Å². The van der Waals surface area contributed by atoms with Gasteiger partial charge in [0.2, 0.25) is 0 Å². The highest BCUT2D eigenvalue weighted by Crippen LogP contribution is 2.13. The van der Waals surface area contributed by atoms with E-state index in [1.165, 1.54) is 5.56 Å². The number of aryl methyl sites for hydroxylation is 1. The molecule has 1 aromatic carbocycles. The topological polar surface area (TPSA) is 21.3 Å². The molecule has 2 nitrogen and oxygen atoms in total. The second-order valence-electron chi connectivity index (χ2n) is 3.74. The number of alkyl halides is 3. The maximum atomic E-state index is 11.7. The Hall–Kier alpha value is -1.07. The molecule has 0 atom stereocenters. The lowest BCUT2D eigenvalue weighted by Gasteiger charge is -2.08. The number of benzene rings is 1. The summed E-state index contributed by atoms with van der Waals surface area (Å²) in [4.78, 5) is 4.28. The molecule has 0 radical (unpaired) electrons. The Morgan fingerprint density at radius 2 is 1.76 bits per heavy atom. The van der Waals surface area contributed by atoms with E-state index in [9.17, 15) is 13.2 Å². The van der Waals surface area contributed by atoms with Crippen molar-refractivity contribution in [2.75, 3.05) is 13.2 Å². The van der Waals surface area contributed by atoms with Crippen LogP contribution in [-0.4, -0.2) is 19.3 Å². The Morgan fingerprint density at radius 3 is 2.41 bits per heavy atom. The van der Waals surface area contributed by atoms with E-state index in [1.807, 2.05) is 30.3 Å². The van der Waals surface area contributed by atoms with E-state index in [-0.39, 0.29) is 0 Å². The van der Waals surface area contributed by atoms with Crippen LogP contribution >= 0.6 is 0 Å². The maximum absolute atomic E-state index is 11.7. The van der Waals surface area contributed by atoms with Gasteiger partial charge in [-0.2, -0.15) is 13.2 Å². The van der Waals surface area contributed by atoms with Gasteiger partial charge in [0.05, 0.1) is 0 Å². The zero-order valence-corrected chi connectivity index (χ0v) is 9.46. The highest BCUT2D eigenvalue weighted by molar-refractivity contribution is 5.14. The van der Waals surface area contributed by atoms with Gasteiger partial charge in [0.15, 0.2) is 6.61 Å². The first-order valence-corrected chi connectivity index (χ1v) is 5.53. The fourth-order valence-electron chi connectivity index (χ4n) is 1.38. The van der Waals surface area contributed by atoms with E-state index in [0.717, 1.165) is 19.3 Å². The summed E-state index contributed by atoms with van der Waals surface area (Å²) in [6.07, 6.45) is -1.63. The zero-order valence-electron chi connectivity index (χ0n) is 9.46. The molecule has 1 N–H and O–H groups in total. The Balaban J connectivity index is 1.95. The third kappa shape index (κ3) is 7.76. The van der Waals surface area contributed by atoms with Gasteiger partial charge in [-0.3, -0.25) is 4.84 Å². The van der Waals surface area contributed by atoms with Crippen molar-refractivity contribution in [1.29, 1.82) is 0 Å². The molecule has 0 aliphatic rings. The minimum absolute atomic E-state index is 0.433. The van der Waals surface area contributed by atoms with Crippen LogP contribution < -0.4 is 5.48 Å². The van der Waals surface area contributed by atoms with Gasteiger partial charge in [-0.1, -0.05) is 30.3 Å². The number of rotatable bonds is 7. The van der Waals surface area contributed by atoms with Gasteiger partial charge in [0, 0.05) is 6.54 Å². The molecular weight excluding hydrogens is 231 g/mol. The lowest BCUT2D eigenvalue weighted by molar-refractivity contribution is -0.189. The molecule has 0 saturated heterocycles. The molecule has 0 aromatic heterocycles. The molecule has 0 heterocycles. The van der Waals surface area contributed by atoms with Crippen LogP contribution in [0.25, 0.3) is 0 Å². The van der Waals surface area contributed by atoms with Crippen molar-refractivity contribution < 1.29 is 18.0 Å². The molecule has 5 heteroatoms. The lowest BCUT2D eigenvalue weighted by atomic mass is 10.1. The third-order valence-electron chi connectivity index (χ3n) is 2.18. The minimum Gasteiger partial charge on any atom is -0.292 e. The monoisotopic (exact) mass is 247 g/mol. The quantitative estimate of drug-likeness (QED) is 0.590. The average molecular weight is 247 g/mol. The summed E-state index contributed by atoms with van der Waals surface area (Å²) in [5.74, 6) is 0. The van der Waals surface area contributed by atoms with Crippen LogP contribution in [0.2, 0.25) is 0 Å². The fourth-order valence-corrected chi connectivity index (χ4v) is 1.38. The molecule has 0 fully saturated rings. The van der Waals surface area contributed by atoms with Gasteiger partial charge >= 0.3 is 6.18 Å². The van der Waals surface area contributed by atoms with E-state index >= 15 is 0 Å². The molecule has 1 rings (SSSR count). The highest BCUT2D eigenvalue weighted by Gasteiger charge is 2.27. The molecule has 0 saturated carbocycles. The van der Waals surface area contributed by atoms with Crippen molar-refractivity contribution >= 4 is 0 Å². The number of hydrogen-bond acceptors (Lipinski definition) is 2. The van der Waals surface area contributed by atoms with E-state index in [2.05, 4.69) is 10.3 Å². The third-order valence-corrected chi connectivity index (χ3v) is 2.18. The van der Waals surface area contributed by atoms with Crippen LogP contribution in [0.5, 0.6) is 0 Å². The summed E-state index contributed by atoms with van der Waals surface area (Å²) in [5.41, 5.74) is 3.55. The molecule has 0 aliphatic heterocycles. The maximum Gasteiger partial charge on any atom is 0.413 e. The molecule has 17 heavy (non-hydrogen) atoms. The van der Waals surface area contributed by atoms with Gasteiger partial charge in [0.25, 0.3) is 0 Å².